The Morgan fingerprint density at radius 2 is 2.15 bits per heavy atom. The van der Waals surface area contributed by atoms with Crippen LogP contribution < -0.4 is 5.32 Å². The van der Waals surface area contributed by atoms with Crippen LogP contribution in [-0.4, -0.2) is 6.54 Å². The average molecular weight is 183 g/mol. The third-order valence-corrected chi connectivity index (χ3v) is 2.37. The van der Waals surface area contributed by atoms with E-state index in [0.29, 0.717) is 0 Å². The third kappa shape index (κ3) is 1.50. The van der Waals surface area contributed by atoms with Crippen LogP contribution in [0.1, 0.15) is 24.0 Å². The first-order valence-corrected chi connectivity index (χ1v) is 4.43. The lowest BCUT2D eigenvalue weighted by Crippen LogP contribution is -2.13. The summed E-state index contributed by atoms with van der Waals surface area (Å²) in [4.78, 5) is 0. The van der Waals surface area contributed by atoms with Gasteiger partial charge in [-0.05, 0) is 24.5 Å². The molecule has 0 amide bonds. The molecule has 0 unspecified atom stereocenters. The summed E-state index contributed by atoms with van der Waals surface area (Å²) >= 11 is 0. The molecule has 0 spiro atoms. The smallest absolute Gasteiger partial charge is 0.264 e. The van der Waals surface area contributed by atoms with Crippen LogP contribution in [0.5, 0.6) is 0 Å². The van der Waals surface area contributed by atoms with Gasteiger partial charge >= 0.3 is 0 Å². The number of fused-ring (bicyclic) bond motifs is 1. The standard InChI is InChI=1S/C10H11F2N/c11-10(12)8-3-1-5-9-7(8)4-2-6-13-9/h1,3,5,10,13H,2,4,6H2. The molecule has 0 aliphatic carbocycles. The molecule has 1 aliphatic heterocycles. The Labute approximate surface area is 75.8 Å². The van der Waals surface area contributed by atoms with Crippen LogP contribution >= 0.6 is 0 Å². The van der Waals surface area contributed by atoms with E-state index >= 15 is 0 Å². The summed E-state index contributed by atoms with van der Waals surface area (Å²) in [5, 5.41) is 3.12. The van der Waals surface area contributed by atoms with Crippen molar-refractivity contribution in [1.29, 1.82) is 0 Å². The number of alkyl halides is 2. The first-order valence-electron chi connectivity index (χ1n) is 4.43. The quantitative estimate of drug-likeness (QED) is 0.705. The topological polar surface area (TPSA) is 12.0 Å². The number of hydrogen-bond donors (Lipinski definition) is 1. The number of nitrogens with one attached hydrogen (secondary N) is 1. The van der Waals surface area contributed by atoms with Gasteiger partial charge in [0.25, 0.3) is 6.43 Å². The Balaban J connectivity index is 2.46. The molecule has 0 saturated carbocycles. The molecule has 0 fully saturated rings. The predicted octanol–water partition coefficient (Wildman–Crippen LogP) is 2.98. The summed E-state index contributed by atoms with van der Waals surface area (Å²) in [6.45, 7) is 0.889. The van der Waals surface area contributed by atoms with Gasteiger partial charge in [0, 0.05) is 17.8 Å². The Kier molecular flexibility index (Phi) is 2.17. The van der Waals surface area contributed by atoms with Crippen molar-refractivity contribution in [1.82, 2.24) is 0 Å². The predicted molar refractivity (Wildman–Crippen MR) is 48.2 cm³/mol. The molecule has 1 aromatic rings. The van der Waals surface area contributed by atoms with Gasteiger partial charge in [0.2, 0.25) is 0 Å². The monoisotopic (exact) mass is 183 g/mol. The number of anilines is 1. The van der Waals surface area contributed by atoms with Gasteiger partial charge in [-0.2, -0.15) is 0 Å². The fourth-order valence-electron chi connectivity index (χ4n) is 1.74. The lowest BCUT2D eigenvalue weighted by atomic mass is 9.98. The molecule has 1 N–H and O–H groups in total. The first-order chi connectivity index (χ1) is 6.29. The fourth-order valence-corrected chi connectivity index (χ4v) is 1.74. The van der Waals surface area contributed by atoms with Crippen molar-refractivity contribution in [2.75, 3.05) is 11.9 Å². The van der Waals surface area contributed by atoms with Crippen molar-refractivity contribution >= 4 is 5.69 Å². The summed E-state index contributed by atoms with van der Waals surface area (Å²) in [7, 11) is 0. The van der Waals surface area contributed by atoms with Gasteiger partial charge in [0.05, 0.1) is 0 Å². The molecule has 1 aliphatic rings. The molecule has 1 heterocycles. The van der Waals surface area contributed by atoms with Gasteiger partial charge in [-0.1, -0.05) is 12.1 Å². The van der Waals surface area contributed by atoms with Gasteiger partial charge in [-0.3, -0.25) is 0 Å². The van der Waals surface area contributed by atoms with Crippen molar-refractivity contribution in [2.24, 2.45) is 0 Å². The zero-order valence-corrected chi connectivity index (χ0v) is 7.19. The molecule has 0 saturated heterocycles. The maximum Gasteiger partial charge on any atom is 0.264 e. The van der Waals surface area contributed by atoms with Crippen LogP contribution in [0.4, 0.5) is 14.5 Å². The Hall–Kier alpha value is -1.12. The van der Waals surface area contributed by atoms with Crippen molar-refractivity contribution in [2.45, 2.75) is 19.3 Å². The Morgan fingerprint density at radius 3 is 2.92 bits per heavy atom. The lowest BCUT2D eigenvalue weighted by molar-refractivity contribution is 0.150. The second kappa shape index (κ2) is 3.32. The van der Waals surface area contributed by atoms with Gasteiger partial charge in [-0.15, -0.1) is 0 Å². The molecule has 1 aromatic carbocycles. The molecule has 0 atom stereocenters. The normalized spacial score (nSPS) is 15.3. The van der Waals surface area contributed by atoms with Crippen LogP contribution in [0.15, 0.2) is 18.2 Å². The van der Waals surface area contributed by atoms with E-state index in [9.17, 15) is 8.78 Å². The summed E-state index contributed by atoms with van der Waals surface area (Å²) in [6, 6.07) is 5.05. The Morgan fingerprint density at radius 1 is 1.31 bits per heavy atom. The number of hydrogen-bond acceptors (Lipinski definition) is 1. The minimum Gasteiger partial charge on any atom is -0.385 e. The second-order valence-electron chi connectivity index (χ2n) is 3.20. The van der Waals surface area contributed by atoms with Gasteiger partial charge in [-0.25, -0.2) is 8.78 Å². The van der Waals surface area contributed by atoms with E-state index in [-0.39, 0.29) is 5.56 Å². The third-order valence-electron chi connectivity index (χ3n) is 2.37. The van der Waals surface area contributed by atoms with Crippen molar-refractivity contribution in [3.63, 3.8) is 0 Å². The van der Waals surface area contributed by atoms with E-state index in [0.717, 1.165) is 30.6 Å². The van der Waals surface area contributed by atoms with Crippen LogP contribution in [0, 0.1) is 0 Å². The van der Waals surface area contributed by atoms with E-state index in [1.165, 1.54) is 6.07 Å². The molecular formula is C10H11F2N. The zero-order valence-electron chi connectivity index (χ0n) is 7.19. The lowest BCUT2D eigenvalue weighted by Gasteiger charge is -2.20. The molecule has 2 rings (SSSR count). The molecule has 70 valence electrons. The fraction of sp³-hybridized carbons (Fsp3) is 0.400. The maximum atomic E-state index is 12.5. The number of halogens is 2. The van der Waals surface area contributed by atoms with Crippen molar-refractivity contribution < 1.29 is 8.78 Å². The molecule has 0 radical (unpaired) electrons. The highest BCUT2D eigenvalue weighted by molar-refractivity contribution is 5.56. The number of rotatable bonds is 1. The maximum absolute atomic E-state index is 12.5. The minimum atomic E-state index is -2.35. The molecular weight excluding hydrogens is 172 g/mol. The minimum absolute atomic E-state index is 0.185. The SMILES string of the molecule is FC(F)c1cccc2c1CCCN2. The highest BCUT2D eigenvalue weighted by Crippen LogP contribution is 2.31. The van der Waals surface area contributed by atoms with E-state index in [4.69, 9.17) is 0 Å². The van der Waals surface area contributed by atoms with Gasteiger partial charge in [0.15, 0.2) is 0 Å². The summed E-state index contributed by atoms with van der Waals surface area (Å²) < 4.78 is 25.1. The van der Waals surface area contributed by atoms with Crippen LogP contribution in [0.2, 0.25) is 0 Å². The molecule has 3 heteroatoms. The van der Waals surface area contributed by atoms with E-state index < -0.39 is 6.43 Å². The van der Waals surface area contributed by atoms with Crippen molar-refractivity contribution in [3.05, 3.63) is 29.3 Å². The van der Waals surface area contributed by atoms with E-state index in [1.54, 1.807) is 6.07 Å². The Bertz CT molecular complexity index is 310. The van der Waals surface area contributed by atoms with Gasteiger partial charge in [0.1, 0.15) is 0 Å². The molecule has 1 nitrogen and oxygen atoms in total. The highest BCUT2D eigenvalue weighted by atomic mass is 19.3. The highest BCUT2D eigenvalue weighted by Gasteiger charge is 2.17. The zero-order chi connectivity index (χ0) is 9.26. The first kappa shape index (κ1) is 8.48. The van der Waals surface area contributed by atoms with Crippen LogP contribution in [0.3, 0.4) is 0 Å². The number of benzene rings is 1. The summed E-state index contributed by atoms with van der Waals surface area (Å²) in [5.74, 6) is 0. The van der Waals surface area contributed by atoms with E-state index in [2.05, 4.69) is 5.32 Å². The molecule has 0 aromatic heterocycles. The van der Waals surface area contributed by atoms with Crippen LogP contribution in [0.25, 0.3) is 0 Å². The largest absolute Gasteiger partial charge is 0.385 e. The molecule has 0 bridgehead atoms. The van der Waals surface area contributed by atoms with Crippen molar-refractivity contribution in [3.8, 4) is 0 Å². The molecule has 13 heavy (non-hydrogen) atoms. The van der Waals surface area contributed by atoms with E-state index in [1.807, 2.05) is 6.07 Å². The van der Waals surface area contributed by atoms with Crippen LogP contribution in [-0.2, 0) is 6.42 Å². The van der Waals surface area contributed by atoms with Gasteiger partial charge < -0.3 is 5.32 Å². The average Bonchev–Trinajstić information content (AvgIpc) is 2.17. The summed E-state index contributed by atoms with van der Waals surface area (Å²) in [5.41, 5.74) is 1.86. The second-order valence-corrected chi connectivity index (χ2v) is 3.20. The summed E-state index contributed by atoms with van der Waals surface area (Å²) in [6.07, 6.45) is -0.644.